The third-order valence-electron chi connectivity index (χ3n) is 3.57. The van der Waals surface area contributed by atoms with Gasteiger partial charge in [-0.2, -0.15) is 0 Å². The zero-order valence-corrected chi connectivity index (χ0v) is 10.2. The lowest BCUT2D eigenvalue weighted by Crippen LogP contribution is -2.40. The van der Waals surface area contributed by atoms with Crippen LogP contribution in [0.3, 0.4) is 0 Å². The molecule has 0 aromatic heterocycles. The van der Waals surface area contributed by atoms with Crippen LogP contribution in [-0.2, 0) is 0 Å². The fourth-order valence-corrected chi connectivity index (χ4v) is 2.62. The van der Waals surface area contributed by atoms with Gasteiger partial charge in [0.15, 0.2) is 0 Å². The molecule has 0 spiro atoms. The van der Waals surface area contributed by atoms with Crippen molar-refractivity contribution in [2.75, 3.05) is 0 Å². The predicted molar refractivity (Wildman–Crippen MR) is 69.3 cm³/mol. The Hall–Kier alpha value is -1.08. The molecule has 0 unspecified atom stereocenters. The molecule has 1 saturated heterocycles. The number of rotatable bonds is 2. The fraction of sp³-hybridized carbons (Fsp3) is 0.467. The van der Waals surface area contributed by atoms with Gasteiger partial charge in [-0.3, -0.25) is 0 Å². The first-order valence-electron chi connectivity index (χ1n) is 6.15. The normalized spacial score (nSPS) is 30.0. The van der Waals surface area contributed by atoms with Gasteiger partial charge in [-0.25, -0.2) is 0 Å². The molecular formula is C15H21N. The molecule has 1 aromatic carbocycles. The van der Waals surface area contributed by atoms with Gasteiger partial charge in [0.2, 0.25) is 0 Å². The Labute approximate surface area is 98.6 Å². The van der Waals surface area contributed by atoms with Crippen LogP contribution in [0.1, 0.15) is 38.3 Å². The van der Waals surface area contributed by atoms with Crippen LogP contribution in [-0.4, -0.2) is 6.04 Å². The summed E-state index contributed by atoms with van der Waals surface area (Å²) in [4.78, 5) is 0. The van der Waals surface area contributed by atoms with Crippen molar-refractivity contribution in [2.45, 2.75) is 38.8 Å². The summed E-state index contributed by atoms with van der Waals surface area (Å²) in [6, 6.07) is 11.8. The Morgan fingerprint density at radius 3 is 2.56 bits per heavy atom. The third kappa shape index (κ3) is 2.35. The molecular weight excluding hydrogens is 194 g/mol. The van der Waals surface area contributed by atoms with Crippen LogP contribution in [0.2, 0.25) is 0 Å². The lowest BCUT2D eigenvalue weighted by atomic mass is 9.80. The van der Waals surface area contributed by atoms with E-state index in [0.29, 0.717) is 18.0 Å². The van der Waals surface area contributed by atoms with Crippen molar-refractivity contribution in [3.05, 3.63) is 48.0 Å². The summed E-state index contributed by atoms with van der Waals surface area (Å²) in [6.45, 7) is 8.56. The molecule has 1 heteroatoms. The molecule has 0 radical (unpaired) electrons. The molecule has 0 amide bonds. The molecule has 1 N–H and O–H groups in total. The number of piperidine rings is 1. The lowest BCUT2D eigenvalue weighted by molar-refractivity contribution is 0.271. The van der Waals surface area contributed by atoms with Gasteiger partial charge in [-0.15, -0.1) is 0 Å². The van der Waals surface area contributed by atoms with Crippen molar-refractivity contribution in [3.63, 3.8) is 0 Å². The first-order chi connectivity index (χ1) is 7.68. The van der Waals surface area contributed by atoms with E-state index in [1.165, 1.54) is 24.0 Å². The van der Waals surface area contributed by atoms with Crippen LogP contribution < -0.4 is 5.32 Å². The van der Waals surface area contributed by atoms with E-state index in [0.717, 1.165) is 0 Å². The zero-order valence-electron chi connectivity index (χ0n) is 10.2. The third-order valence-corrected chi connectivity index (χ3v) is 3.57. The maximum absolute atomic E-state index is 4.14. The highest BCUT2D eigenvalue weighted by atomic mass is 15.0. The summed E-state index contributed by atoms with van der Waals surface area (Å²) in [5.74, 6) is 0.582. The molecule has 3 atom stereocenters. The van der Waals surface area contributed by atoms with Gasteiger partial charge in [0.1, 0.15) is 0 Å². The standard InChI is InChI=1S/C15H21N/c1-11(2)14-10-9-12(3)16-15(14)13-7-5-4-6-8-13/h4-8,12,14-16H,1,9-10H2,2-3H3/t12-,14+,15+/m0/s1. The minimum atomic E-state index is 0.447. The molecule has 1 aliphatic rings. The Bertz CT molecular complexity index is 355. The van der Waals surface area contributed by atoms with E-state index in [9.17, 15) is 0 Å². The van der Waals surface area contributed by atoms with Gasteiger partial charge >= 0.3 is 0 Å². The molecule has 1 nitrogen and oxygen atoms in total. The minimum Gasteiger partial charge on any atom is -0.307 e. The molecule has 0 saturated carbocycles. The second-order valence-electron chi connectivity index (χ2n) is 4.99. The summed E-state index contributed by atoms with van der Waals surface area (Å²) in [5.41, 5.74) is 2.69. The van der Waals surface area contributed by atoms with E-state index < -0.39 is 0 Å². The van der Waals surface area contributed by atoms with Gasteiger partial charge in [0, 0.05) is 12.1 Å². The van der Waals surface area contributed by atoms with Gasteiger partial charge in [-0.05, 0) is 38.2 Å². The van der Waals surface area contributed by atoms with E-state index in [1.54, 1.807) is 0 Å². The Morgan fingerprint density at radius 1 is 1.25 bits per heavy atom. The van der Waals surface area contributed by atoms with Crippen molar-refractivity contribution in [1.82, 2.24) is 5.32 Å². The summed E-state index contributed by atoms with van der Waals surface area (Å²) in [6.07, 6.45) is 2.50. The Balaban J connectivity index is 2.24. The first kappa shape index (κ1) is 11.4. The molecule has 1 aromatic rings. The summed E-state index contributed by atoms with van der Waals surface area (Å²) in [7, 11) is 0. The Kier molecular flexibility index (Phi) is 3.45. The second kappa shape index (κ2) is 4.84. The van der Waals surface area contributed by atoms with E-state index in [2.05, 4.69) is 56.1 Å². The van der Waals surface area contributed by atoms with Crippen molar-refractivity contribution >= 4 is 0 Å². The smallest absolute Gasteiger partial charge is 0.0388 e. The number of hydrogen-bond donors (Lipinski definition) is 1. The maximum atomic E-state index is 4.14. The summed E-state index contributed by atoms with van der Waals surface area (Å²) < 4.78 is 0. The number of nitrogens with one attached hydrogen (secondary N) is 1. The van der Waals surface area contributed by atoms with Gasteiger partial charge < -0.3 is 5.32 Å². The molecule has 86 valence electrons. The average molecular weight is 215 g/mol. The largest absolute Gasteiger partial charge is 0.307 e. The maximum Gasteiger partial charge on any atom is 0.0388 e. The molecule has 16 heavy (non-hydrogen) atoms. The van der Waals surface area contributed by atoms with E-state index >= 15 is 0 Å². The highest BCUT2D eigenvalue weighted by molar-refractivity contribution is 5.23. The van der Waals surface area contributed by atoms with Crippen LogP contribution in [0.4, 0.5) is 0 Å². The lowest BCUT2D eigenvalue weighted by Gasteiger charge is -2.37. The predicted octanol–water partition coefficient (Wildman–Crippen LogP) is 3.69. The molecule has 2 rings (SSSR count). The molecule has 1 heterocycles. The topological polar surface area (TPSA) is 12.0 Å². The fourth-order valence-electron chi connectivity index (χ4n) is 2.62. The van der Waals surface area contributed by atoms with Crippen LogP contribution in [0.25, 0.3) is 0 Å². The quantitative estimate of drug-likeness (QED) is 0.742. The second-order valence-corrected chi connectivity index (χ2v) is 4.99. The van der Waals surface area contributed by atoms with Crippen molar-refractivity contribution < 1.29 is 0 Å². The van der Waals surface area contributed by atoms with Crippen molar-refractivity contribution in [2.24, 2.45) is 5.92 Å². The van der Waals surface area contributed by atoms with E-state index in [1.807, 2.05) is 0 Å². The van der Waals surface area contributed by atoms with Crippen LogP contribution >= 0.6 is 0 Å². The highest BCUT2D eigenvalue weighted by Crippen LogP contribution is 2.35. The summed E-state index contributed by atoms with van der Waals surface area (Å²) in [5, 5.41) is 3.70. The average Bonchev–Trinajstić information content (AvgIpc) is 2.29. The van der Waals surface area contributed by atoms with Crippen molar-refractivity contribution in [1.29, 1.82) is 0 Å². The van der Waals surface area contributed by atoms with E-state index in [4.69, 9.17) is 0 Å². The van der Waals surface area contributed by atoms with Crippen LogP contribution in [0.15, 0.2) is 42.5 Å². The van der Waals surface area contributed by atoms with Crippen LogP contribution in [0, 0.1) is 5.92 Å². The van der Waals surface area contributed by atoms with Gasteiger partial charge in [0.25, 0.3) is 0 Å². The number of benzene rings is 1. The molecule has 0 aliphatic carbocycles. The van der Waals surface area contributed by atoms with Gasteiger partial charge in [0.05, 0.1) is 0 Å². The molecule has 1 aliphatic heterocycles. The monoisotopic (exact) mass is 215 g/mol. The van der Waals surface area contributed by atoms with Gasteiger partial charge in [-0.1, -0.05) is 42.5 Å². The molecule has 1 fully saturated rings. The van der Waals surface area contributed by atoms with Crippen LogP contribution in [0.5, 0.6) is 0 Å². The highest BCUT2D eigenvalue weighted by Gasteiger charge is 2.29. The first-order valence-corrected chi connectivity index (χ1v) is 6.15. The van der Waals surface area contributed by atoms with Crippen molar-refractivity contribution in [3.8, 4) is 0 Å². The van der Waals surface area contributed by atoms with E-state index in [-0.39, 0.29) is 0 Å². The summed E-state index contributed by atoms with van der Waals surface area (Å²) >= 11 is 0. The molecule has 0 bridgehead atoms. The Morgan fingerprint density at radius 2 is 1.94 bits per heavy atom. The number of hydrogen-bond acceptors (Lipinski definition) is 1. The SMILES string of the molecule is C=C(C)[C@H]1CC[C@H](C)N[C@@H]1c1ccccc1. The minimum absolute atomic E-state index is 0.447. The zero-order chi connectivity index (χ0) is 11.5.